The van der Waals surface area contributed by atoms with Crippen molar-refractivity contribution in [2.75, 3.05) is 13.6 Å². The molecule has 3 aromatic rings. The summed E-state index contributed by atoms with van der Waals surface area (Å²) in [4.78, 5) is 76.0. The van der Waals surface area contributed by atoms with E-state index in [4.69, 9.17) is 9.47 Å². The summed E-state index contributed by atoms with van der Waals surface area (Å²) in [6.07, 6.45) is 0. The van der Waals surface area contributed by atoms with Crippen molar-refractivity contribution in [3.8, 4) is 11.5 Å². The van der Waals surface area contributed by atoms with Crippen LogP contribution in [0.15, 0.2) is 60.7 Å². The Hall–Kier alpha value is -5.12. The average Bonchev–Trinajstić information content (AvgIpc) is 3.28. The van der Waals surface area contributed by atoms with Crippen molar-refractivity contribution in [1.29, 1.82) is 0 Å². The van der Waals surface area contributed by atoms with Crippen LogP contribution in [0.3, 0.4) is 0 Å². The SMILES string of the molecule is CCN1C(=O)c2ccc(C(=O)Oc3ccc(OC(=O)c4ccc5c(c4)C(=O)N(C)C5=O)cc3)cc2C1=O. The summed E-state index contributed by atoms with van der Waals surface area (Å²) in [5, 5.41) is 0. The van der Waals surface area contributed by atoms with Gasteiger partial charge in [0, 0.05) is 13.6 Å². The molecule has 0 N–H and O–H groups in total. The summed E-state index contributed by atoms with van der Waals surface area (Å²) >= 11 is 0. The minimum atomic E-state index is -0.735. The molecule has 0 radical (unpaired) electrons. The number of hydrogen-bond acceptors (Lipinski definition) is 8. The van der Waals surface area contributed by atoms with E-state index in [0.717, 1.165) is 9.80 Å². The number of hydrogen-bond donors (Lipinski definition) is 0. The molecule has 5 rings (SSSR count). The van der Waals surface area contributed by atoms with Gasteiger partial charge >= 0.3 is 11.9 Å². The van der Waals surface area contributed by atoms with E-state index in [1.165, 1.54) is 67.7 Å². The van der Waals surface area contributed by atoms with Crippen molar-refractivity contribution in [3.63, 3.8) is 0 Å². The zero-order valence-corrected chi connectivity index (χ0v) is 19.6. The zero-order valence-electron chi connectivity index (χ0n) is 19.6. The molecule has 10 nitrogen and oxygen atoms in total. The van der Waals surface area contributed by atoms with Crippen molar-refractivity contribution in [2.45, 2.75) is 6.92 Å². The highest BCUT2D eigenvalue weighted by atomic mass is 16.5. The van der Waals surface area contributed by atoms with Gasteiger partial charge in [-0.05, 0) is 67.6 Å². The van der Waals surface area contributed by atoms with Gasteiger partial charge < -0.3 is 9.47 Å². The second kappa shape index (κ2) is 8.83. The number of rotatable bonds is 5. The average molecular weight is 498 g/mol. The number of amides is 4. The first-order valence-electron chi connectivity index (χ1n) is 11.2. The molecule has 0 aromatic heterocycles. The predicted octanol–water partition coefficient (Wildman–Crippen LogP) is 2.97. The highest BCUT2D eigenvalue weighted by Gasteiger charge is 2.35. The maximum atomic E-state index is 12.6. The zero-order chi connectivity index (χ0) is 26.4. The standard InChI is InChI=1S/C27H18N2O8/c1-3-29-24(32)19-11-5-15(13-21(19)25(29)33)27(35)37-17-8-6-16(7-9-17)36-26(34)14-4-10-18-20(12-14)23(31)28(2)22(18)30/h4-13H,3H2,1-2H3. The minimum absolute atomic E-state index is 0.0944. The van der Waals surface area contributed by atoms with Gasteiger partial charge in [0.15, 0.2) is 0 Å². The van der Waals surface area contributed by atoms with Gasteiger partial charge in [0.25, 0.3) is 23.6 Å². The lowest BCUT2D eigenvalue weighted by Crippen LogP contribution is -2.29. The highest BCUT2D eigenvalue weighted by molar-refractivity contribution is 6.22. The molecule has 184 valence electrons. The fraction of sp³-hybridized carbons (Fsp3) is 0.111. The van der Waals surface area contributed by atoms with Crippen LogP contribution in [0.1, 0.15) is 69.1 Å². The first kappa shape index (κ1) is 23.6. The van der Waals surface area contributed by atoms with E-state index in [9.17, 15) is 28.8 Å². The molecule has 0 atom stereocenters. The maximum Gasteiger partial charge on any atom is 0.343 e. The van der Waals surface area contributed by atoms with Gasteiger partial charge in [0.05, 0.1) is 33.4 Å². The number of ether oxygens (including phenoxy) is 2. The number of fused-ring (bicyclic) bond motifs is 2. The molecule has 0 aliphatic carbocycles. The van der Waals surface area contributed by atoms with Gasteiger partial charge in [-0.2, -0.15) is 0 Å². The van der Waals surface area contributed by atoms with Gasteiger partial charge in [0.1, 0.15) is 11.5 Å². The molecule has 0 saturated heterocycles. The fourth-order valence-corrected chi connectivity index (χ4v) is 4.10. The Bertz CT molecular complexity index is 1540. The van der Waals surface area contributed by atoms with Gasteiger partial charge in [-0.1, -0.05) is 0 Å². The number of carbonyl (C=O) groups is 6. The molecular weight excluding hydrogens is 480 g/mol. The summed E-state index contributed by atoms with van der Waals surface area (Å²) in [5.74, 6) is -2.95. The highest BCUT2D eigenvalue weighted by Crippen LogP contribution is 2.26. The molecule has 0 bridgehead atoms. The van der Waals surface area contributed by atoms with Crippen LogP contribution in [0.5, 0.6) is 11.5 Å². The summed E-state index contributed by atoms with van der Waals surface area (Å²) < 4.78 is 10.7. The number of imide groups is 2. The summed E-state index contributed by atoms with van der Waals surface area (Å²) in [5.41, 5.74) is 0.927. The lowest BCUT2D eigenvalue weighted by atomic mass is 10.1. The van der Waals surface area contributed by atoms with Crippen molar-refractivity contribution < 1.29 is 38.2 Å². The Balaban J connectivity index is 1.26. The molecular formula is C27H18N2O8. The molecule has 0 saturated carbocycles. The minimum Gasteiger partial charge on any atom is -0.423 e. The van der Waals surface area contributed by atoms with E-state index in [-0.39, 0.29) is 51.4 Å². The van der Waals surface area contributed by atoms with E-state index < -0.39 is 35.6 Å². The summed E-state index contributed by atoms with van der Waals surface area (Å²) in [6.45, 7) is 1.91. The third kappa shape index (κ3) is 3.94. The molecule has 3 aromatic carbocycles. The Morgan fingerprint density at radius 2 is 1.03 bits per heavy atom. The number of carbonyl (C=O) groups excluding carboxylic acids is 6. The molecule has 0 fully saturated rings. The van der Waals surface area contributed by atoms with Crippen LogP contribution in [0.2, 0.25) is 0 Å². The van der Waals surface area contributed by atoms with Crippen LogP contribution in [0, 0.1) is 0 Å². The van der Waals surface area contributed by atoms with Gasteiger partial charge in [-0.15, -0.1) is 0 Å². The van der Waals surface area contributed by atoms with Crippen LogP contribution in [-0.4, -0.2) is 59.0 Å². The van der Waals surface area contributed by atoms with Crippen LogP contribution in [-0.2, 0) is 0 Å². The van der Waals surface area contributed by atoms with Crippen molar-refractivity contribution in [3.05, 3.63) is 94.0 Å². The first-order valence-corrected chi connectivity index (χ1v) is 11.2. The molecule has 37 heavy (non-hydrogen) atoms. The lowest BCUT2D eigenvalue weighted by molar-refractivity contribution is 0.0655. The van der Waals surface area contributed by atoms with Crippen molar-refractivity contribution >= 4 is 35.6 Å². The first-order chi connectivity index (χ1) is 17.7. The maximum absolute atomic E-state index is 12.6. The molecule has 0 spiro atoms. The van der Waals surface area contributed by atoms with Gasteiger partial charge in [-0.3, -0.25) is 29.0 Å². The van der Waals surface area contributed by atoms with E-state index in [0.29, 0.717) is 0 Å². The fourth-order valence-electron chi connectivity index (χ4n) is 4.10. The normalized spacial score (nSPS) is 14.1. The van der Waals surface area contributed by atoms with Gasteiger partial charge in [-0.25, -0.2) is 9.59 Å². The molecule has 4 amide bonds. The van der Waals surface area contributed by atoms with Crippen molar-refractivity contribution in [2.24, 2.45) is 0 Å². The molecule has 2 aliphatic heterocycles. The van der Waals surface area contributed by atoms with E-state index >= 15 is 0 Å². The summed E-state index contributed by atoms with van der Waals surface area (Å²) in [6, 6.07) is 13.9. The molecule has 2 heterocycles. The molecule has 2 aliphatic rings. The molecule has 0 unspecified atom stereocenters. The molecule has 10 heteroatoms. The van der Waals surface area contributed by atoms with E-state index in [2.05, 4.69) is 0 Å². The number of esters is 2. The lowest BCUT2D eigenvalue weighted by Gasteiger charge is -2.08. The second-order valence-electron chi connectivity index (χ2n) is 8.30. The van der Waals surface area contributed by atoms with Crippen LogP contribution < -0.4 is 9.47 Å². The van der Waals surface area contributed by atoms with Gasteiger partial charge in [0.2, 0.25) is 0 Å². The Kier molecular flexibility index (Phi) is 5.63. The van der Waals surface area contributed by atoms with E-state index in [1.807, 2.05) is 0 Å². The largest absolute Gasteiger partial charge is 0.423 e. The van der Waals surface area contributed by atoms with Crippen molar-refractivity contribution in [1.82, 2.24) is 9.80 Å². The number of benzene rings is 3. The Morgan fingerprint density at radius 1 is 0.622 bits per heavy atom. The monoisotopic (exact) mass is 498 g/mol. The summed E-state index contributed by atoms with van der Waals surface area (Å²) in [7, 11) is 1.36. The smallest absolute Gasteiger partial charge is 0.343 e. The third-order valence-electron chi connectivity index (χ3n) is 6.09. The van der Waals surface area contributed by atoms with Crippen LogP contribution in [0.4, 0.5) is 0 Å². The topological polar surface area (TPSA) is 127 Å². The van der Waals surface area contributed by atoms with Crippen LogP contribution >= 0.6 is 0 Å². The quantitative estimate of drug-likeness (QED) is 0.298. The Morgan fingerprint density at radius 3 is 1.51 bits per heavy atom. The predicted molar refractivity (Wildman–Crippen MR) is 127 cm³/mol. The number of nitrogens with zero attached hydrogens (tertiary/aromatic N) is 2. The second-order valence-corrected chi connectivity index (χ2v) is 8.30. The Labute approximate surface area is 210 Å². The van der Waals surface area contributed by atoms with Crippen LogP contribution in [0.25, 0.3) is 0 Å². The van der Waals surface area contributed by atoms with E-state index in [1.54, 1.807) is 6.92 Å². The third-order valence-corrected chi connectivity index (χ3v) is 6.09.